The Labute approximate surface area is 183 Å². The normalized spacial score (nSPS) is 12.5. The van der Waals surface area contributed by atoms with Crippen molar-refractivity contribution in [2.45, 2.75) is 25.9 Å². The summed E-state index contributed by atoms with van der Waals surface area (Å²) in [6.07, 6.45) is -2.73. The molecule has 0 spiro atoms. The molecule has 0 atom stereocenters. The summed E-state index contributed by atoms with van der Waals surface area (Å²) in [5, 5.41) is 3.36. The minimum atomic E-state index is -4.78. The molecule has 31 heavy (non-hydrogen) atoms. The van der Waals surface area contributed by atoms with E-state index in [0.717, 1.165) is 24.0 Å². The highest BCUT2D eigenvalue weighted by Gasteiger charge is 2.34. The molecule has 1 amide bonds. The number of carbonyl (C=O) groups is 1. The minimum absolute atomic E-state index is 0.334. The zero-order valence-corrected chi connectivity index (χ0v) is 18.4. The first-order valence-corrected chi connectivity index (χ1v) is 11.3. The summed E-state index contributed by atoms with van der Waals surface area (Å²) < 4.78 is 64.1. The Morgan fingerprint density at radius 2 is 1.81 bits per heavy atom. The van der Waals surface area contributed by atoms with E-state index in [-0.39, 0.29) is 5.69 Å². The Kier molecular flexibility index (Phi) is 8.08. The molecule has 0 saturated heterocycles. The molecule has 0 bridgehead atoms. The molecule has 0 fully saturated rings. The largest absolute Gasteiger partial charge is 0.417 e. The number of nitrogens with zero attached hydrogens (tertiary/aromatic N) is 2. The number of rotatable bonds is 8. The third-order valence-corrected chi connectivity index (χ3v) is 5.69. The first-order valence-electron chi connectivity index (χ1n) is 9.08. The molecule has 0 aliphatic heterocycles. The number of halogens is 4. The van der Waals surface area contributed by atoms with Crippen molar-refractivity contribution in [3.05, 3.63) is 64.7 Å². The molecule has 6 nitrogen and oxygen atoms in total. The number of benzene rings is 2. The average Bonchev–Trinajstić information content (AvgIpc) is 2.68. The van der Waals surface area contributed by atoms with E-state index in [0.29, 0.717) is 28.9 Å². The van der Waals surface area contributed by atoms with Gasteiger partial charge in [-0.3, -0.25) is 9.10 Å². The summed E-state index contributed by atoms with van der Waals surface area (Å²) in [7, 11) is -4.06. The van der Waals surface area contributed by atoms with Crippen molar-refractivity contribution in [2.75, 3.05) is 17.1 Å². The predicted molar refractivity (Wildman–Crippen MR) is 115 cm³/mol. The Morgan fingerprint density at radius 3 is 2.39 bits per heavy atom. The second-order valence-corrected chi connectivity index (χ2v) is 9.11. The highest BCUT2D eigenvalue weighted by atomic mass is 35.5. The van der Waals surface area contributed by atoms with E-state index < -0.39 is 39.2 Å². The first kappa shape index (κ1) is 24.7. The molecular weight excluding hydrogens is 455 g/mol. The zero-order valence-electron chi connectivity index (χ0n) is 16.8. The van der Waals surface area contributed by atoms with E-state index in [4.69, 9.17) is 11.6 Å². The van der Waals surface area contributed by atoms with Crippen LogP contribution in [0.4, 0.5) is 18.9 Å². The molecule has 168 valence electrons. The zero-order chi connectivity index (χ0) is 23.2. The number of carbonyl (C=O) groups excluding carboxylic acids is 1. The van der Waals surface area contributed by atoms with Crippen molar-refractivity contribution in [1.82, 2.24) is 5.43 Å². The van der Waals surface area contributed by atoms with E-state index in [1.807, 2.05) is 30.3 Å². The highest BCUT2D eigenvalue weighted by molar-refractivity contribution is 7.92. The number of sulfonamides is 1. The van der Waals surface area contributed by atoms with Crippen molar-refractivity contribution in [3.63, 3.8) is 0 Å². The van der Waals surface area contributed by atoms with E-state index in [1.54, 1.807) is 6.92 Å². The molecule has 2 aromatic carbocycles. The molecule has 0 heterocycles. The molecule has 1 N–H and O–H groups in total. The fourth-order valence-corrected chi connectivity index (χ4v) is 3.71. The Bertz CT molecular complexity index is 1060. The molecule has 2 rings (SSSR count). The Hall–Kier alpha value is -2.59. The van der Waals surface area contributed by atoms with Crippen LogP contribution in [0.3, 0.4) is 0 Å². The van der Waals surface area contributed by atoms with Crippen LogP contribution in [0.25, 0.3) is 0 Å². The third-order valence-electron chi connectivity index (χ3n) is 4.22. The summed E-state index contributed by atoms with van der Waals surface area (Å²) >= 11 is 5.58. The molecule has 0 saturated carbocycles. The maximum absolute atomic E-state index is 13.1. The van der Waals surface area contributed by atoms with Gasteiger partial charge in [-0.1, -0.05) is 41.9 Å². The lowest BCUT2D eigenvalue weighted by atomic mass is 10.1. The quantitative estimate of drug-likeness (QED) is 0.458. The van der Waals surface area contributed by atoms with Gasteiger partial charge in [-0.15, -0.1) is 0 Å². The van der Waals surface area contributed by atoms with Gasteiger partial charge < -0.3 is 0 Å². The summed E-state index contributed by atoms with van der Waals surface area (Å²) in [5.41, 5.74) is 2.41. The summed E-state index contributed by atoms with van der Waals surface area (Å²) in [5.74, 6) is -0.798. The lowest BCUT2D eigenvalue weighted by Crippen LogP contribution is -2.39. The standard InChI is InChI=1S/C20H21ClF3N3O3S/c1-14(8-9-15-6-4-3-5-7-15)25-26-19(28)13-27(31(2,29)30)16-10-11-18(21)17(12-16)20(22,23)24/h3-7,10-12H,8-9,13H2,1-2H3,(H,26,28). The molecule has 0 unspecified atom stereocenters. The van der Waals surface area contributed by atoms with Crippen molar-refractivity contribution in [1.29, 1.82) is 0 Å². The second-order valence-electron chi connectivity index (χ2n) is 6.80. The Morgan fingerprint density at radius 1 is 1.16 bits per heavy atom. The molecule has 11 heteroatoms. The van der Waals surface area contributed by atoms with Gasteiger partial charge in [0.15, 0.2) is 0 Å². The van der Waals surface area contributed by atoms with Crippen LogP contribution in [0.15, 0.2) is 53.6 Å². The van der Waals surface area contributed by atoms with Gasteiger partial charge >= 0.3 is 6.18 Å². The van der Waals surface area contributed by atoms with Crippen LogP contribution >= 0.6 is 11.6 Å². The molecular formula is C20H21ClF3N3O3S. The number of alkyl halides is 3. The van der Waals surface area contributed by atoms with Gasteiger partial charge in [0.1, 0.15) is 6.54 Å². The van der Waals surface area contributed by atoms with Crippen LogP contribution < -0.4 is 9.73 Å². The van der Waals surface area contributed by atoms with Crippen LogP contribution in [0.1, 0.15) is 24.5 Å². The molecule has 0 radical (unpaired) electrons. The molecule has 2 aromatic rings. The van der Waals surface area contributed by atoms with Crippen LogP contribution in [0.2, 0.25) is 5.02 Å². The fraction of sp³-hybridized carbons (Fsp3) is 0.300. The van der Waals surface area contributed by atoms with Crippen molar-refractivity contribution in [2.24, 2.45) is 5.10 Å². The van der Waals surface area contributed by atoms with Gasteiger partial charge in [0, 0.05) is 5.71 Å². The fourth-order valence-electron chi connectivity index (χ4n) is 2.64. The van der Waals surface area contributed by atoms with Crippen molar-refractivity contribution in [3.8, 4) is 0 Å². The number of hydrazone groups is 1. The summed E-state index contributed by atoms with van der Waals surface area (Å²) in [4.78, 5) is 12.2. The topological polar surface area (TPSA) is 78.8 Å². The first-order chi connectivity index (χ1) is 14.4. The Balaban J connectivity index is 2.10. The number of hydrogen-bond acceptors (Lipinski definition) is 4. The SMILES string of the molecule is CC(CCc1ccccc1)=NNC(=O)CN(c1ccc(Cl)c(C(F)(F)F)c1)S(C)(=O)=O. The molecule has 0 aliphatic rings. The monoisotopic (exact) mass is 475 g/mol. The van der Waals surface area contributed by atoms with Gasteiger partial charge in [-0.2, -0.15) is 18.3 Å². The number of amides is 1. The summed E-state index contributed by atoms with van der Waals surface area (Å²) in [6.45, 7) is 0.958. The minimum Gasteiger partial charge on any atom is -0.271 e. The summed E-state index contributed by atoms with van der Waals surface area (Å²) in [6, 6.07) is 12.2. The molecule has 0 aliphatic carbocycles. The predicted octanol–water partition coefficient (Wildman–Crippen LogP) is 4.25. The van der Waals surface area contributed by atoms with Gasteiger partial charge in [-0.05, 0) is 43.5 Å². The van der Waals surface area contributed by atoms with E-state index in [9.17, 15) is 26.4 Å². The number of aryl methyl sites for hydroxylation is 1. The van der Waals surface area contributed by atoms with Crippen molar-refractivity contribution >= 4 is 38.9 Å². The maximum Gasteiger partial charge on any atom is 0.417 e. The average molecular weight is 476 g/mol. The van der Waals surface area contributed by atoms with Gasteiger partial charge in [0.2, 0.25) is 10.0 Å². The second kappa shape index (κ2) is 10.1. The lowest BCUT2D eigenvalue weighted by Gasteiger charge is -2.22. The number of nitrogens with one attached hydrogen (secondary N) is 1. The number of hydrogen-bond donors (Lipinski definition) is 1. The smallest absolute Gasteiger partial charge is 0.271 e. The molecule has 0 aromatic heterocycles. The van der Waals surface area contributed by atoms with E-state index in [2.05, 4.69) is 10.5 Å². The van der Waals surface area contributed by atoms with Crippen LogP contribution in [0, 0.1) is 0 Å². The van der Waals surface area contributed by atoms with Crippen LogP contribution in [-0.2, 0) is 27.4 Å². The van der Waals surface area contributed by atoms with E-state index >= 15 is 0 Å². The van der Waals surface area contributed by atoms with E-state index in [1.165, 1.54) is 0 Å². The maximum atomic E-state index is 13.1. The van der Waals surface area contributed by atoms with Gasteiger partial charge in [0.05, 0.1) is 22.5 Å². The van der Waals surface area contributed by atoms with Gasteiger partial charge in [0.25, 0.3) is 5.91 Å². The number of anilines is 1. The third kappa shape index (κ3) is 7.55. The van der Waals surface area contributed by atoms with Crippen molar-refractivity contribution < 1.29 is 26.4 Å². The van der Waals surface area contributed by atoms with Crippen LogP contribution in [-0.4, -0.2) is 32.8 Å². The van der Waals surface area contributed by atoms with Crippen LogP contribution in [0.5, 0.6) is 0 Å². The lowest BCUT2D eigenvalue weighted by molar-refractivity contribution is -0.137. The van der Waals surface area contributed by atoms with Gasteiger partial charge in [-0.25, -0.2) is 13.8 Å². The highest BCUT2D eigenvalue weighted by Crippen LogP contribution is 2.37.